The number of carbonyl (C=O) groups excluding carboxylic acids is 7. The lowest BCUT2D eigenvalue weighted by Gasteiger charge is -2.28. The number of thiol groups is 1. The fourth-order valence-electron chi connectivity index (χ4n) is 6.77. The van der Waals surface area contributed by atoms with Crippen molar-refractivity contribution in [1.29, 1.82) is 0 Å². The maximum Gasteiger partial charge on any atom is 0.326 e. The Morgan fingerprint density at radius 1 is 0.682 bits per heavy atom. The molecule has 4 rings (SSSR count). The highest BCUT2D eigenvalue weighted by atomic mass is 32.1. The first-order valence-corrected chi connectivity index (χ1v) is 21.9. The van der Waals surface area contributed by atoms with Crippen molar-refractivity contribution >= 4 is 70.9 Å². The van der Waals surface area contributed by atoms with E-state index in [0.717, 1.165) is 16.5 Å². The number of nitrogens with one attached hydrogen (secondary N) is 9. The number of benzene rings is 2. The van der Waals surface area contributed by atoms with Crippen molar-refractivity contribution in [3.63, 3.8) is 0 Å². The maximum atomic E-state index is 14.0. The molecule has 0 unspecified atom stereocenters. The van der Waals surface area contributed by atoms with E-state index in [2.05, 4.69) is 64.8 Å². The Morgan fingerprint density at radius 2 is 1.29 bits per heavy atom. The number of aliphatic carboxylic acids is 1. The molecule has 2 aromatic heterocycles. The first-order valence-electron chi connectivity index (χ1n) is 21.3. The van der Waals surface area contributed by atoms with Gasteiger partial charge in [-0.3, -0.25) is 33.6 Å². The molecular formula is C44H59N11O10S. The fourth-order valence-corrected chi connectivity index (χ4v) is 7.02. The normalized spacial score (nSPS) is 14.4. The SMILES string of the molecule is CC(C)[C@H](NC(=O)[C@H](CS)NC(=O)[C@@H](NC(=O)[C@H](Cc1ccc(O)cc1)NC(=O)[C@@H](N)Cc1c[nH]c2ccccc12)C(C)C)C(=O)NCC(=O)N[C@@H](C)C(=O)N[C@@H](Cc1cnc[nH]1)C(=O)O. The minimum atomic E-state index is -1.31. The summed E-state index contributed by atoms with van der Waals surface area (Å²) in [6.07, 6.45) is 4.60. The zero-order valence-corrected chi connectivity index (χ0v) is 38.1. The third-order valence-corrected chi connectivity index (χ3v) is 10.9. The number of amides is 7. The average Bonchev–Trinajstić information content (AvgIpc) is 3.95. The summed E-state index contributed by atoms with van der Waals surface area (Å²) in [6.45, 7) is 7.35. The van der Waals surface area contributed by atoms with Gasteiger partial charge < -0.3 is 63.1 Å². The molecule has 0 saturated heterocycles. The average molecular weight is 934 g/mol. The number of H-pyrrole nitrogens is 2. The van der Waals surface area contributed by atoms with Gasteiger partial charge in [0.05, 0.1) is 18.9 Å². The first kappa shape index (κ1) is 51.7. The van der Waals surface area contributed by atoms with Crippen LogP contribution in [0.3, 0.4) is 0 Å². The van der Waals surface area contributed by atoms with Gasteiger partial charge in [0.15, 0.2) is 0 Å². The van der Waals surface area contributed by atoms with Gasteiger partial charge in [-0.25, -0.2) is 9.78 Å². The third-order valence-electron chi connectivity index (χ3n) is 10.6. The van der Waals surface area contributed by atoms with E-state index in [1.54, 1.807) is 46.0 Å². The number of carboxylic acid groups (broad SMARTS) is 1. The quantitative estimate of drug-likeness (QED) is 0.0389. The molecule has 0 radical (unpaired) electrons. The molecule has 0 fully saturated rings. The highest BCUT2D eigenvalue weighted by Gasteiger charge is 2.34. The summed E-state index contributed by atoms with van der Waals surface area (Å²) in [4.78, 5) is 115. The minimum Gasteiger partial charge on any atom is -0.508 e. The number of imidazole rings is 1. The van der Waals surface area contributed by atoms with Crippen LogP contribution in [0.1, 0.15) is 51.4 Å². The number of nitrogens with two attached hydrogens (primary N) is 1. The van der Waals surface area contributed by atoms with Gasteiger partial charge in [-0.05, 0) is 54.5 Å². The predicted molar refractivity (Wildman–Crippen MR) is 246 cm³/mol. The number of hydrogen-bond donors (Lipinski definition) is 13. The van der Waals surface area contributed by atoms with Crippen LogP contribution in [0.25, 0.3) is 10.9 Å². The lowest BCUT2D eigenvalue weighted by atomic mass is 9.99. The third kappa shape index (κ3) is 15.1. The molecule has 21 nitrogen and oxygen atoms in total. The van der Waals surface area contributed by atoms with Gasteiger partial charge in [0.1, 0.15) is 42.0 Å². The molecule has 0 spiro atoms. The molecule has 66 heavy (non-hydrogen) atoms. The number of hydrogen-bond acceptors (Lipinski definition) is 12. The van der Waals surface area contributed by atoms with Crippen LogP contribution in [0.5, 0.6) is 5.75 Å². The number of phenolic OH excluding ortho intramolecular Hbond substituents is 1. The van der Waals surface area contributed by atoms with Crippen molar-refractivity contribution < 1.29 is 48.6 Å². The van der Waals surface area contributed by atoms with Crippen molar-refractivity contribution in [2.75, 3.05) is 12.3 Å². The van der Waals surface area contributed by atoms with E-state index >= 15 is 0 Å². The topological polar surface area (TPSA) is 332 Å². The molecule has 7 atom stereocenters. The number of aromatic hydroxyl groups is 1. The molecular weight excluding hydrogens is 875 g/mol. The van der Waals surface area contributed by atoms with E-state index in [1.165, 1.54) is 31.6 Å². The molecule has 4 aromatic rings. The van der Waals surface area contributed by atoms with E-state index in [9.17, 15) is 48.6 Å². The Hall–Kier alpha value is -6.94. The summed E-state index contributed by atoms with van der Waals surface area (Å²) in [5.41, 5.74) is 9.09. The monoisotopic (exact) mass is 933 g/mol. The number of para-hydroxylation sites is 1. The Labute approximate surface area is 386 Å². The lowest BCUT2D eigenvalue weighted by Crippen LogP contribution is -2.61. The minimum absolute atomic E-state index is 0.00200. The standard InChI is InChI=1S/C44H59N11O10S/c1-22(2)36(42(62)48-19-35(57)50-24(5)38(58)52-33(44(64)65)16-27-18-46-21-49-27)54-41(61)34(20-66)53-43(63)37(23(3)4)55-40(60)32(14-25-10-12-28(56)13-11-25)51-39(59)30(45)15-26-17-47-31-9-7-6-8-29(26)31/h6-13,17-18,21-24,30,32-34,36-37,47,56,66H,14-16,19-20,45H2,1-5H3,(H,46,49)(H,48,62)(H,50,57)(H,51,59)(H,52,58)(H,53,63)(H,54,61)(H,55,60)(H,64,65)/t24-,30-,32-,33-,34-,36-,37-/m0/s1. The summed E-state index contributed by atoms with van der Waals surface area (Å²) < 4.78 is 0. The van der Waals surface area contributed by atoms with E-state index < -0.39 is 108 Å². The smallest absolute Gasteiger partial charge is 0.326 e. The number of nitrogens with zero attached hydrogens (tertiary/aromatic N) is 1. The molecule has 0 aliphatic carbocycles. The van der Waals surface area contributed by atoms with Crippen molar-refractivity contribution in [3.8, 4) is 5.75 Å². The van der Waals surface area contributed by atoms with Gasteiger partial charge in [-0.15, -0.1) is 0 Å². The van der Waals surface area contributed by atoms with Gasteiger partial charge in [-0.2, -0.15) is 12.6 Å². The van der Waals surface area contributed by atoms with Crippen molar-refractivity contribution in [2.45, 2.75) is 96.2 Å². The van der Waals surface area contributed by atoms with E-state index in [1.807, 2.05) is 24.3 Å². The highest BCUT2D eigenvalue weighted by Crippen LogP contribution is 2.19. The number of phenols is 1. The molecule has 0 aliphatic rings. The zero-order valence-electron chi connectivity index (χ0n) is 37.2. The molecule has 0 aliphatic heterocycles. The number of carbonyl (C=O) groups is 8. The van der Waals surface area contributed by atoms with Crippen LogP contribution in [0.4, 0.5) is 0 Å². The van der Waals surface area contributed by atoms with Crippen molar-refractivity contribution in [3.05, 3.63) is 84.1 Å². The van der Waals surface area contributed by atoms with Gasteiger partial charge in [0, 0.05) is 47.6 Å². The number of fused-ring (bicyclic) bond motifs is 1. The van der Waals surface area contributed by atoms with Crippen LogP contribution < -0.4 is 43.0 Å². The second kappa shape index (κ2) is 24.4. The van der Waals surface area contributed by atoms with E-state index in [-0.39, 0.29) is 30.8 Å². The Bertz CT molecular complexity index is 2320. The Morgan fingerprint density at radius 3 is 1.89 bits per heavy atom. The second-order valence-corrected chi connectivity index (χ2v) is 16.9. The highest BCUT2D eigenvalue weighted by molar-refractivity contribution is 7.80. The van der Waals surface area contributed by atoms with Crippen LogP contribution in [-0.4, -0.2) is 127 Å². The second-order valence-electron chi connectivity index (χ2n) is 16.5. The van der Waals surface area contributed by atoms with E-state index in [4.69, 9.17) is 5.73 Å². The summed E-state index contributed by atoms with van der Waals surface area (Å²) in [7, 11) is 0. The van der Waals surface area contributed by atoms with Crippen molar-refractivity contribution in [1.82, 2.24) is 52.2 Å². The fraction of sp³-hybridized carbons (Fsp3) is 0.432. The van der Waals surface area contributed by atoms with Gasteiger partial charge >= 0.3 is 5.97 Å². The first-order chi connectivity index (χ1) is 31.3. The van der Waals surface area contributed by atoms with Gasteiger partial charge in [-0.1, -0.05) is 58.0 Å². The molecule has 7 amide bonds. The number of carboxylic acids is 1. The molecule has 0 saturated carbocycles. The summed E-state index contributed by atoms with van der Waals surface area (Å²) in [5, 5.41) is 38.0. The number of aromatic amines is 2. The van der Waals surface area contributed by atoms with Crippen LogP contribution in [0.2, 0.25) is 0 Å². The zero-order chi connectivity index (χ0) is 48.7. The Balaban J connectivity index is 1.35. The maximum absolute atomic E-state index is 14.0. The number of aromatic nitrogens is 3. The van der Waals surface area contributed by atoms with Crippen LogP contribution in [0.15, 0.2) is 67.3 Å². The summed E-state index contributed by atoms with van der Waals surface area (Å²) in [5.74, 6) is -7.76. The van der Waals surface area contributed by atoms with Crippen LogP contribution in [-0.2, 0) is 57.6 Å². The summed E-state index contributed by atoms with van der Waals surface area (Å²) >= 11 is 4.25. The van der Waals surface area contributed by atoms with E-state index in [0.29, 0.717) is 11.3 Å². The van der Waals surface area contributed by atoms with Gasteiger partial charge in [0.2, 0.25) is 41.4 Å². The van der Waals surface area contributed by atoms with Gasteiger partial charge in [0.25, 0.3) is 0 Å². The largest absolute Gasteiger partial charge is 0.508 e. The number of rotatable bonds is 24. The van der Waals surface area contributed by atoms with Crippen LogP contribution in [0, 0.1) is 11.8 Å². The molecule has 0 bridgehead atoms. The molecule has 13 N–H and O–H groups in total. The Kier molecular flexibility index (Phi) is 19.1. The molecule has 2 aromatic carbocycles. The predicted octanol–water partition coefficient (Wildman–Crippen LogP) is -0.677. The molecule has 2 heterocycles. The molecule has 356 valence electrons. The van der Waals surface area contributed by atoms with Crippen molar-refractivity contribution in [2.24, 2.45) is 17.6 Å². The lowest BCUT2D eigenvalue weighted by molar-refractivity contribution is -0.142. The summed E-state index contributed by atoms with van der Waals surface area (Å²) in [6, 6.07) is 5.11. The van der Waals surface area contributed by atoms with Crippen LogP contribution >= 0.6 is 12.6 Å². The molecule has 22 heteroatoms.